The second kappa shape index (κ2) is 9.27. The highest BCUT2D eigenvalue weighted by Gasteiger charge is 2.07. The Morgan fingerprint density at radius 3 is 2.60 bits per heavy atom. The van der Waals surface area contributed by atoms with Crippen molar-refractivity contribution in [1.82, 2.24) is 15.6 Å². The van der Waals surface area contributed by atoms with Crippen molar-refractivity contribution in [3.63, 3.8) is 0 Å². The number of aromatic nitrogens is 1. The van der Waals surface area contributed by atoms with Gasteiger partial charge in [0.1, 0.15) is 11.5 Å². The van der Waals surface area contributed by atoms with Crippen molar-refractivity contribution in [2.45, 2.75) is 26.8 Å². The van der Waals surface area contributed by atoms with E-state index in [1.807, 2.05) is 25.1 Å². The molecule has 0 spiro atoms. The molecule has 0 bridgehead atoms. The number of hydrogen-bond donors (Lipinski definition) is 2. The fraction of sp³-hybridized carbons (Fsp3) is 0.444. The van der Waals surface area contributed by atoms with Gasteiger partial charge in [-0.1, -0.05) is 0 Å². The third-order valence-corrected chi connectivity index (χ3v) is 5.00. The highest BCUT2D eigenvalue weighted by molar-refractivity contribution is 7.11. The van der Waals surface area contributed by atoms with Gasteiger partial charge in [0, 0.05) is 43.1 Å². The van der Waals surface area contributed by atoms with Gasteiger partial charge in [0.2, 0.25) is 0 Å². The van der Waals surface area contributed by atoms with Crippen LogP contribution in [0.15, 0.2) is 23.2 Å². The normalized spacial score (nSPS) is 11.3. The fourth-order valence-electron chi connectivity index (χ4n) is 2.33. The maximum Gasteiger partial charge on any atom is 0.191 e. The zero-order chi connectivity index (χ0) is 18.2. The molecule has 1 aromatic heterocycles. The second-order valence-corrected chi connectivity index (χ2v) is 6.82. The molecular weight excluding hydrogens is 336 g/mol. The van der Waals surface area contributed by atoms with Crippen LogP contribution >= 0.6 is 11.3 Å². The molecule has 6 nitrogen and oxygen atoms in total. The molecule has 0 aliphatic rings. The van der Waals surface area contributed by atoms with E-state index in [1.54, 1.807) is 32.6 Å². The van der Waals surface area contributed by atoms with Gasteiger partial charge >= 0.3 is 0 Å². The lowest BCUT2D eigenvalue weighted by Gasteiger charge is -2.14. The number of benzene rings is 1. The first-order valence-corrected chi connectivity index (χ1v) is 8.97. The monoisotopic (exact) mass is 362 g/mol. The smallest absolute Gasteiger partial charge is 0.191 e. The average molecular weight is 362 g/mol. The number of thiazole rings is 1. The van der Waals surface area contributed by atoms with Crippen LogP contribution in [0.3, 0.4) is 0 Å². The molecule has 1 aromatic carbocycles. The van der Waals surface area contributed by atoms with Crippen LogP contribution in [0.2, 0.25) is 0 Å². The van der Waals surface area contributed by atoms with Crippen LogP contribution in [0.4, 0.5) is 0 Å². The van der Waals surface area contributed by atoms with Gasteiger partial charge in [0.25, 0.3) is 0 Å². The van der Waals surface area contributed by atoms with E-state index in [-0.39, 0.29) is 0 Å². The Bertz CT molecular complexity index is 708. The van der Waals surface area contributed by atoms with Crippen LogP contribution in [0, 0.1) is 13.8 Å². The number of hydrogen-bond acceptors (Lipinski definition) is 5. The lowest BCUT2D eigenvalue weighted by molar-refractivity contribution is 0.390. The van der Waals surface area contributed by atoms with E-state index in [9.17, 15) is 0 Å². The number of aryl methyl sites for hydroxylation is 2. The molecule has 0 saturated carbocycles. The summed E-state index contributed by atoms with van der Waals surface area (Å²) in [5.41, 5.74) is 2.16. The molecule has 0 atom stereocenters. The minimum Gasteiger partial charge on any atom is -0.497 e. The highest BCUT2D eigenvalue weighted by atomic mass is 32.1. The van der Waals surface area contributed by atoms with Gasteiger partial charge in [0.05, 0.1) is 24.9 Å². The standard InChI is InChI=1S/C18H26N4O2S/c1-12-13(2)25-17(22-12)8-9-20-18(19-3)21-11-14-6-7-15(23-4)10-16(14)24-5/h6-7,10H,8-9,11H2,1-5H3,(H2,19,20,21). The predicted molar refractivity (Wildman–Crippen MR) is 103 cm³/mol. The highest BCUT2D eigenvalue weighted by Crippen LogP contribution is 2.24. The van der Waals surface area contributed by atoms with Crippen molar-refractivity contribution in [3.05, 3.63) is 39.3 Å². The summed E-state index contributed by atoms with van der Waals surface area (Å²) in [7, 11) is 5.06. The molecular formula is C18H26N4O2S. The van der Waals surface area contributed by atoms with Crippen molar-refractivity contribution < 1.29 is 9.47 Å². The molecule has 0 unspecified atom stereocenters. The van der Waals surface area contributed by atoms with Gasteiger partial charge in [-0.05, 0) is 26.0 Å². The molecule has 0 aliphatic heterocycles. The fourth-order valence-corrected chi connectivity index (χ4v) is 3.26. The zero-order valence-electron chi connectivity index (χ0n) is 15.5. The number of nitrogens with one attached hydrogen (secondary N) is 2. The molecule has 7 heteroatoms. The molecule has 2 N–H and O–H groups in total. The molecule has 2 aromatic rings. The Balaban J connectivity index is 1.86. The van der Waals surface area contributed by atoms with E-state index in [0.717, 1.165) is 46.7 Å². The molecule has 136 valence electrons. The number of methoxy groups -OCH3 is 2. The Hall–Kier alpha value is -2.28. The van der Waals surface area contributed by atoms with Gasteiger partial charge < -0.3 is 20.1 Å². The van der Waals surface area contributed by atoms with Crippen molar-refractivity contribution in [3.8, 4) is 11.5 Å². The zero-order valence-corrected chi connectivity index (χ0v) is 16.3. The minimum atomic E-state index is 0.613. The molecule has 0 radical (unpaired) electrons. The summed E-state index contributed by atoms with van der Waals surface area (Å²) < 4.78 is 10.6. The van der Waals surface area contributed by atoms with Crippen molar-refractivity contribution >= 4 is 17.3 Å². The maximum absolute atomic E-state index is 5.42. The largest absolute Gasteiger partial charge is 0.497 e. The maximum atomic E-state index is 5.42. The molecule has 0 fully saturated rings. The van der Waals surface area contributed by atoms with Crippen LogP contribution < -0.4 is 20.1 Å². The van der Waals surface area contributed by atoms with Gasteiger partial charge in [-0.15, -0.1) is 11.3 Å². The number of guanidine groups is 1. The second-order valence-electron chi connectivity index (χ2n) is 5.53. The average Bonchev–Trinajstić information content (AvgIpc) is 2.95. The number of nitrogens with zero attached hydrogens (tertiary/aromatic N) is 2. The van der Waals surface area contributed by atoms with Gasteiger partial charge in [-0.2, -0.15) is 0 Å². The van der Waals surface area contributed by atoms with E-state index >= 15 is 0 Å². The summed E-state index contributed by atoms with van der Waals surface area (Å²) in [5, 5.41) is 7.77. The third kappa shape index (κ3) is 5.35. The van der Waals surface area contributed by atoms with Crippen molar-refractivity contribution in [2.75, 3.05) is 27.8 Å². The third-order valence-electron chi connectivity index (χ3n) is 3.87. The SMILES string of the molecule is CN=C(NCCc1nc(C)c(C)s1)NCc1ccc(OC)cc1OC. The van der Waals surface area contributed by atoms with E-state index < -0.39 is 0 Å². The summed E-state index contributed by atoms with van der Waals surface area (Å²) >= 11 is 1.75. The van der Waals surface area contributed by atoms with Gasteiger partial charge in [-0.25, -0.2) is 4.98 Å². The summed E-state index contributed by atoms with van der Waals surface area (Å²) in [4.78, 5) is 10.1. The van der Waals surface area contributed by atoms with Crippen molar-refractivity contribution in [1.29, 1.82) is 0 Å². The Labute approximate surface area is 153 Å². The predicted octanol–water partition coefficient (Wildman–Crippen LogP) is 2.68. The summed E-state index contributed by atoms with van der Waals surface area (Å²) in [6.07, 6.45) is 0.881. The van der Waals surface area contributed by atoms with Gasteiger partial charge in [0.15, 0.2) is 5.96 Å². The minimum absolute atomic E-state index is 0.613. The van der Waals surface area contributed by atoms with E-state index in [1.165, 1.54) is 4.88 Å². The molecule has 1 heterocycles. The molecule has 2 rings (SSSR count). The Kier molecular flexibility index (Phi) is 7.06. The van der Waals surface area contributed by atoms with Crippen LogP contribution in [0.1, 0.15) is 21.1 Å². The van der Waals surface area contributed by atoms with E-state index in [2.05, 4.69) is 27.5 Å². The number of rotatable bonds is 7. The number of ether oxygens (including phenoxy) is 2. The van der Waals surface area contributed by atoms with Crippen LogP contribution in [-0.2, 0) is 13.0 Å². The Morgan fingerprint density at radius 1 is 1.20 bits per heavy atom. The topological polar surface area (TPSA) is 67.8 Å². The first-order chi connectivity index (χ1) is 12.1. The van der Waals surface area contributed by atoms with Crippen LogP contribution in [0.5, 0.6) is 11.5 Å². The first kappa shape index (κ1) is 19.1. The Morgan fingerprint density at radius 2 is 2.00 bits per heavy atom. The number of aliphatic imine (C=N–C) groups is 1. The molecule has 0 saturated heterocycles. The van der Waals surface area contributed by atoms with Crippen molar-refractivity contribution in [2.24, 2.45) is 4.99 Å². The first-order valence-electron chi connectivity index (χ1n) is 8.15. The summed E-state index contributed by atoms with van der Waals surface area (Å²) in [6, 6.07) is 5.78. The van der Waals surface area contributed by atoms with Gasteiger partial charge in [-0.3, -0.25) is 4.99 Å². The van der Waals surface area contributed by atoms with E-state index in [4.69, 9.17) is 9.47 Å². The quantitative estimate of drug-likeness (QED) is 0.585. The summed E-state index contributed by atoms with van der Waals surface area (Å²) in [5.74, 6) is 2.32. The van der Waals surface area contributed by atoms with Crippen LogP contribution in [-0.4, -0.2) is 38.8 Å². The van der Waals surface area contributed by atoms with Crippen LogP contribution in [0.25, 0.3) is 0 Å². The lowest BCUT2D eigenvalue weighted by Crippen LogP contribution is -2.37. The lowest BCUT2D eigenvalue weighted by atomic mass is 10.2. The molecule has 0 aliphatic carbocycles. The molecule has 25 heavy (non-hydrogen) atoms. The molecule has 0 amide bonds. The van der Waals surface area contributed by atoms with E-state index in [0.29, 0.717) is 6.54 Å². The summed E-state index contributed by atoms with van der Waals surface area (Å²) in [6.45, 7) is 5.55.